The van der Waals surface area contributed by atoms with E-state index in [1.54, 1.807) is 6.07 Å². The zero-order valence-electron chi connectivity index (χ0n) is 23.3. The van der Waals surface area contributed by atoms with E-state index in [0.29, 0.717) is 5.56 Å². The van der Waals surface area contributed by atoms with Gasteiger partial charge in [-0.25, -0.2) is 14.4 Å². The molecule has 0 unspecified atom stereocenters. The summed E-state index contributed by atoms with van der Waals surface area (Å²) in [6.07, 6.45) is -3.00. The number of esters is 5. The van der Waals surface area contributed by atoms with Gasteiger partial charge in [-0.2, -0.15) is 0 Å². The van der Waals surface area contributed by atoms with Crippen molar-refractivity contribution >= 4 is 35.9 Å². The summed E-state index contributed by atoms with van der Waals surface area (Å²) in [4.78, 5) is 65.6. The van der Waals surface area contributed by atoms with Crippen molar-refractivity contribution in [2.45, 2.75) is 44.6 Å². The topological polar surface area (TPSA) is 213 Å². The first kappa shape index (κ1) is 31.7. The molecule has 4 N–H and O–H groups in total. The average Bonchev–Trinajstić information content (AvgIpc) is 3.71. The van der Waals surface area contributed by atoms with E-state index in [1.807, 2.05) is 0 Å². The Hall–Kier alpha value is -5.25. The van der Waals surface area contributed by atoms with Crippen molar-refractivity contribution in [2.24, 2.45) is 0 Å². The first-order chi connectivity index (χ1) is 21.0. The summed E-state index contributed by atoms with van der Waals surface area (Å²) in [7, 11) is 0. The molecule has 0 radical (unpaired) electrons. The van der Waals surface area contributed by atoms with Crippen LogP contribution in [0.1, 0.15) is 40.4 Å². The molecule has 0 saturated carbocycles. The van der Waals surface area contributed by atoms with Crippen LogP contribution in [-0.2, 0) is 33.3 Å². The molecule has 1 saturated heterocycles. The van der Waals surface area contributed by atoms with Gasteiger partial charge in [0, 0.05) is 32.3 Å². The van der Waals surface area contributed by atoms with Crippen LogP contribution in [0.4, 0.5) is 0 Å². The molecule has 1 aromatic carbocycles. The zero-order chi connectivity index (χ0) is 31.8. The summed E-state index contributed by atoms with van der Waals surface area (Å²) in [5, 5.41) is 21.5. The Bertz CT molecular complexity index is 1510. The average molecular weight is 613 g/mol. The summed E-state index contributed by atoms with van der Waals surface area (Å²) in [5.41, 5.74) is 0.445. The van der Waals surface area contributed by atoms with Crippen molar-refractivity contribution in [1.82, 2.24) is 9.97 Å². The fraction of sp³-hybridized carbons (Fsp3) is 0.276. The molecule has 0 amide bonds. The number of H-pyrrole nitrogens is 2. The van der Waals surface area contributed by atoms with Gasteiger partial charge in [-0.1, -0.05) is 6.07 Å². The molecule has 4 rings (SSSR count). The van der Waals surface area contributed by atoms with Gasteiger partial charge in [0.2, 0.25) is 6.29 Å². The number of aliphatic hydroxyl groups is 2. The lowest BCUT2D eigenvalue weighted by Crippen LogP contribution is -2.61. The summed E-state index contributed by atoms with van der Waals surface area (Å²) in [5.74, 6) is -4.06. The smallest absolute Gasteiger partial charge is 0.357 e. The van der Waals surface area contributed by atoms with Gasteiger partial charge >= 0.3 is 29.8 Å². The Morgan fingerprint density at radius 3 is 2.05 bits per heavy atom. The molecule has 3 aromatic rings. The summed E-state index contributed by atoms with van der Waals surface area (Å²) < 4.78 is 31.5. The highest BCUT2D eigenvalue weighted by molar-refractivity contribution is 5.89. The minimum absolute atomic E-state index is 0.00202. The monoisotopic (exact) mass is 612 g/mol. The third-order valence-corrected chi connectivity index (χ3v) is 6.02. The van der Waals surface area contributed by atoms with E-state index in [2.05, 4.69) is 9.97 Å². The van der Waals surface area contributed by atoms with Crippen LogP contribution < -0.4 is 9.47 Å². The predicted molar refractivity (Wildman–Crippen MR) is 146 cm³/mol. The van der Waals surface area contributed by atoms with E-state index in [9.17, 15) is 34.2 Å². The van der Waals surface area contributed by atoms with Gasteiger partial charge in [-0.15, -0.1) is 0 Å². The van der Waals surface area contributed by atoms with Gasteiger partial charge in [0.15, 0.2) is 17.6 Å². The Balaban J connectivity index is 1.43. The van der Waals surface area contributed by atoms with Crippen LogP contribution in [0.5, 0.6) is 11.5 Å². The quantitative estimate of drug-likeness (QED) is 0.110. The maximum absolute atomic E-state index is 12.6. The van der Waals surface area contributed by atoms with Crippen LogP contribution in [-0.4, -0.2) is 87.3 Å². The highest BCUT2D eigenvalue weighted by atomic mass is 16.7. The molecular formula is C29H28N2O13. The van der Waals surface area contributed by atoms with E-state index >= 15 is 0 Å². The van der Waals surface area contributed by atoms with Gasteiger partial charge in [-0.05, 0) is 48.0 Å². The maximum atomic E-state index is 12.6. The van der Waals surface area contributed by atoms with E-state index in [0.717, 1.165) is 13.0 Å². The van der Waals surface area contributed by atoms with Crippen LogP contribution in [0.3, 0.4) is 0 Å². The lowest BCUT2D eigenvalue weighted by Gasteiger charge is -2.40. The minimum Gasteiger partial charge on any atom is -0.460 e. The number of aromatic amines is 2. The molecule has 5 atom stereocenters. The van der Waals surface area contributed by atoms with E-state index in [1.165, 1.54) is 61.8 Å². The van der Waals surface area contributed by atoms with E-state index < -0.39 is 67.2 Å². The highest BCUT2D eigenvalue weighted by Gasteiger charge is 2.49. The van der Waals surface area contributed by atoms with Crippen LogP contribution in [0.2, 0.25) is 0 Å². The third kappa shape index (κ3) is 8.19. The van der Waals surface area contributed by atoms with Crippen LogP contribution in [0.25, 0.3) is 6.08 Å². The zero-order valence-corrected chi connectivity index (χ0v) is 23.3. The van der Waals surface area contributed by atoms with Crippen molar-refractivity contribution in [3.63, 3.8) is 0 Å². The van der Waals surface area contributed by atoms with Crippen LogP contribution in [0.15, 0.2) is 60.9 Å². The normalized spacial score (nSPS) is 21.3. The minimum atomic E-state index is -1.81. The molecule has 0 bridgehead atoms. The van der Waals surface area contributed by atoms with Gasteiger partial charge in [0.25, 0.3) is 0 Å². The van der Waals surface area contributed by atoms with Crippen molar-refractivity contribution < 1.29 is 62.6 Å². The van der Waals surface area contributed by atoms with Gasteiger partial charge in [0.1, 0.15) is 36.3 Å². The molecule has 1 aliphatic heterocycles. The fourth-order valence-corrected chi connectivity index (χ4v) is 4.01. The number of aromatic nitrogens is 2. The number of carbonyl (C=O) groups is 5. The van der Waals surface area contributed by atoms with Crippen molar-refractivity contribution in [3.05, 3.63) is 77.9 Å². The second-order valence-electron chi connectivity index (χ2n) is 9.32. The largest absolute Gasteiger partial charge is 0.460 e. The number of hydrogen-bond donors (Lipinski definition) is 4. The molecular weight excluding hydrogens is 584 g/mol. The molecule has 2 aromatic heterocycles. The first-order valence-electron chi connectivity index (χ1n) is 13.1. The number of aliphatic hydroxyl groups excluding tert-OH is 2. The molecule has 1 aliphatic rings. The van der Waals surface area contributed by atoms with Crippen LogP contribution in [0, 0.1) is 0 Å². The first-order valence-corrected chi connectivity index (χ1v) is 13.1. The molecule has 3 heterocycles. The Morgan fingerprint density at radius 1 is 0.841 bits per heavy atom. The molecule has 15 heteroatoms. The lowest BCUT2D eigenvalue weighted by molar-refractivity contribution is -0.285. The van der Waals surface area contributed by atoms with Crippen molar-refractivity contribution in [2.75, 3.05) is 6.61 Å². The summed E-state index contributed by atoms with van der Waals surface area (Å²) in [6.45, 7) is 1.74. The second kappa shape index (κ2) is 14.3. The number of nitrogens with one attached hydrogen (secondary N) is 2. The van der Waals surface area contributed by atoms with Gasteiger partial charge in [-0.3, -0.25) is 9.59 Å². The number of rotatable bonds is 10. The number of hydrogen-bond acceptors (Lipinski definition) is 13. The van der Waals surface area contributed by atoms with E-state index in [4.69, 9.17) is 28.4 Å². The van der Waals surface area contributed by atoms with E-state index in [-0.39, 0.29) is 22.9 Å². The van der Waals surface area contributed by atoms with Gasteiger partial charge in [0.05, 0.1) is 0 Å². The second-order valence-corrected chi connectivity index (χ2v) is 9.32. The molecule has 232 valence electrons. The standard InChI is InChI=1S/C29H28N2O13/c1-15(32)40-20-9-7-17(13-21(20)41-16(2)33)8-10-23(34)39-14-22-24(35)25(36)26(43-27(37)18-5-3-11-30-18)29(42-22)44-28(38)19-6-4-12-31-19/h3-13,22,24-26,29-31,35-36H,14H2,1-2H3/b10-8+/t22-,24-,25+,26-,29+/m1/s1. The van der Waals surface area contributed by atoms with Crippen molar-refractivity contribution in [3.8, 4) is 11.5 Å². The molecule has 44 heavy (non-hydrogen) atoms. The highest BCUT2D eigenvalue weighted by Crippen LogP contribution is 2.30. The summed E-state index contributed by atoms with van der Waals surface area (Å²) >= 11 is 0. The van der Waals surface area contributed by atoms with Crippen molar-refractivity contribution in [1.29, 1.82) is 0 Å². The fourth-order valence-electron chi connectivity index (χ4n) is 4.01. The SMILES string of the molecule is CC(=O)Oc1ccc(/C=C/C(=O)OC[C@H]2O[C@@H](OC(=O)c3ccc[nH]3)[C@H](OC(=O)c3ccc[nH]3)[C@@H](O)[C@@H]2O)cc1OC(C)=O. The molecule has 15 nitrogen and oxygen atoms in total. The molecule has 1 fully saturated rings. The van der Waals surface area contributed by atoms with Crippen LogP contribution >= 0.6 is 0 Å². The predicted octanol–water partition coefficient (Wildman–Crippen LogP) is 1.28. The number of benzene rings is 1. The third-order valence-electron chi connectivity index (χ3n) is 6.02. The Morgan fingerprint density at radius 2 is 1.45 bits per heavy atom. The Kier molecular flexibility index (Phi) is 10.3. The summed E-state index contributed by atoms with van der Waals surface area (Å²) in [6, 6.07) is 10.1. The maximum Gasteiger partial charge on any atom is 0.357 e. The number of ether oxygens (including phenoxy) is 6. The lowest BCUT2D eigenvalue weighted by atomic mass is 9.99. The molecule has 0 spiro atoms. The number of carbonyl (C=O) groups excluding carboxylic acids is 5. The Labute approximate surface area is 249 Å². The molecule has 0 aliphatic carbocycles. The van der Waals surface area contributed by atoms with Gasteiger partial charge < -0.3 is 48.6 Å².